The number of benzene rings is 2. The lowest BCUT2D eigenvalue weighted by molar-refractivity contribution is -0.385. The van der Waals surface area contributed by atoms with Crippen LogP contribution in [-0.4, -0.2) is 54.0 Å². The lowest BCUT2D eigenvalue weighted by Crippen LogP contribution is -2.48. The zero-order chi connectivity index (χ0) is 24.3. The molecular weight excluding hydrogens is 440 g/mol. The number of urea groups is 1. The Balaban J connectivity index is 1.46. The summed E-state index contributed by atoms with van der Waals surface area (Å²) in [7, 11) is 0. The summed E-state index contributed by atoms with van der Waals surface area (Å²) in [6.07, 6.45) is 1.48. The normalized spacial score (nSPS) is 21.7. The number of amides is 4. The molecule has 0 radical (unpaired) electrons. The number of nitro benzene ring substituents is 1. The molecule has 2 heterocycles. The van der Waals surface area contributed by atoms with Crippen LogP contribution >= 0.6 is 0 Å². The van der Waals surface area contributed by atoms with Gasteiger partial charge in [0.1, 0.15) is 12.1 Å². The summed E-state index contributed by atoms with van der Waals surface area (Å²) in [6, 6.07) is 14.7. The van der Waals surface area contributed by atoms with E-state index in [4.69, 9.17) is 4.74 Å². The van der Waals surface area contributed by atoms with Gasteiger partial charge < -0.3 is 15.4 Å². The highest BCUT2D eigenvalue weighted by Crippen LogP contribution is 2.34. The predicted octanol–water partition coefficient (Wildman–Crippen LogP) is 2.23. The number of rotatable bonds is 7. The lowest BCUT2D eigenvalue weighted by Gasteiger charge is -2.38. The van der Waals surface area contributed by atoms with Crippen molar-refractivity contribution in [1.29, 1.82) is 0 Å². The number of nitrogens with one attached hydrogen (secondary N) is 2. The van der Waals surface area contributed by atoms with Crippen molar-refractivity contribution >= 4 is 23.5 Å². The van der Waals surface area contributed by atoms with Gasteiger partial charge in [-0.2, -0.15) is 0 Å². The zero-order valence-electron chi connectivity index (χ0n) is 18.8. The van der Waals surface area contributed by atoms with Gasteiger partial charge in [-0.15, -0.1) is 0 Å². The van der Waals surface area contributed by atoms with E-state index in [2.05, 4.69) is 10.6 Å². The monoisotopic (exact) mass is 466 g/mol. The summed E-state index contributed by atoms with van der Waals surface area (Å²) in [5, 5.41) is 16.6. The number of non-ortho nitro benzene ring substituents is 1. The molecule has 10 heteroatoms. The molecule has 2 saturated heterocycles. The van der Waals surface area contributed by atoms with Crippen LogP contribution in [0, 0.1) is 10.1 Å². The molecule has 2 aliphatic heterocycles. The minimum absolute atomic E-state index is 0.195. The molecule has 1 atom stereocenters. The Bertz CT molecular complexity index is 1120. The van der Waals surface area contributed by atoms with Crippen molar-refractivity contribution in [3.05, 3.63) is 75.8 Å². The molecule has 2 aromatic carbocycles. The molecule has 2 aliphatic rings. The molecule has 34 heavy (non-hydrogen) atoms. The van der Waals surface area contributed by atoms with Gasteiger partial charge in [-0.25, -0.2) is 4.79 Å². The van der Waals surface area contributed by atoms with Crippen LogP contribution in [0.2, 0.25) is 0 Å². The van der Waals surface area contributed by atoms with Crippen molar-refractivity contribution in [1.82, 2.24) is 15.5 Å². The Kier molecular flexibility index (Phi) is 6.34. The molecule has 178 valence electrons. The molecule has 2 aromatic rings. The molecule has 0 aromatic heterocycles. The molecule has 0 spiro atoms. The second kappa shape index (κ2) is 9.22. The maximum absolute atomic E-state index is 13.1. The standard InChI is InChI=1S/C24H26N4O6/c1-23(18-8-5-9-19(14-18)28(32)33)21(30)27(22(31)26-23)15-20(29)25-16-24(10-12-34-13-11-24)17-6-3-2-4-7-17/h2-9,14H,10-13,15-16H2,1H3,(H,25,29)(H,26,31). The average Bonchev–Trinajstić information content (AvgIpc) is 3.07. The van der Waals surface area contributed by atoms with Crippen molar-refractivity contribution in [2.75, 3.05) is 26.3 Å². The van der Waals surface area contributed by atoms with Gasteiger partial charge in [-0.1, -0.05) is 42.5 Å². The van der Waals surface area contributed by atoms with Crippen LogP contribution in [0.4, 0.5) is 10.5 Å². The van der Waals surface area contributed by atoms with Gasteiger partial charge in [0.15, 0.2) is 0 Å². The van der Waals surface area contributed by atoms with E-state index in [1.54, 1.807) is 0 Å². The van der Waals surface area contributed by atoms with Gasteiger partial charge in [-0.05, 0) is 30.9 Å². The van der Waals surface area contributed by atoms with E-state index < -0.39 is 34.9 Å². The molecular formula is C24H26N4O6. The van der Waals surface area contributed by atoms with Gasteiger partial charge in [0.25, 0.3) is 11.6 Å². The van der Waals surface area contributed by atoms with Gasteiger partial charge in [0.05, 0.1) is 4.92 Å². The van der Waals surface area contributed by atoms with Crippen LogP contribution < -0.4 is 10.6 Å². The van der Waals surface area contributed by atoms with Crippen LogP contribution in [0.3, 0.4) is 0 Å². The number of nitrogens with zero attached hydrogens (tertiary/aromatic N) is 2. The van der Waals surface area contributed by atoms with E-state index in [0.29, 0.717) is 19.8 Å². The summed E-state index contributed by atoms with van der Waals surface area (Å²) in [5.41, 5.74) is -0.612. The molecule has 0 bridgehead atoms. The fraction of sp³-hybridized carbons (Fsp3) is 0.375. The van der Waals surface area contributed by atoms with E-state index in [1.807, 2.05) is 30.3 Å². The molecule has 4 rings (SSSR count). The summed E-state index contributed by atoms with van der Waals surface area (Å²) in [6.45, 7) is 2.54. The van der Waals surface area contributed by atoms with Crippen molar-refractivity contribution in [3.63, 3.8) is 0 Å². The molecule has 10 nitrogen and oxygen atoms in total. The molecule has 0 aliphatic carbocycles. The van der Waals surface area contributed by atoms with E-state index in [0.717, 1.165) is 23.3 Å². The van der Waals surface area contributed by atoms with Crippen LogP contribution in [0.5, 0.6) is 0 Å². The largest absolute Gasteiger partial charge is 0.381 e. The Morgan fingerprint density at radius 2 is 1.79 bits per heavy atom. The molecule has 2 N–H and O–H groups in total. The second-order valence-corrected chi connectivity index (χ2v) is 8.79. The Morgan fingerprint density at radius 3 is 2.47 bits per heavy atom. The highest BCUT2D eigenvalue weighted by molar-refractivity contribution is 6.09. The molecule has 1 unspecified atom stereocenters. The third-order valence-corrected chi connectivity index (χ3v) is 6.67. The maximum Gasteiger partial charge on any atom is 0.325 e. The first-order valence-corrected chi connectivity index (χ1v) is 11.0. The van der Waals surface area contributed by atoms with Crippen molar-refractivity contribution < 1.29 is 24.0 Å². The third kappa shape index (κ3) is 4.36. The Labute approximate surface area is 196 Å². The number of nitro groups is 1. The number of carbonyl (C=O) groups is 3. The van der Waals surface area contributed by atoms with Gasteiger partial charge in [0.2, 0.25) is 5.91 Å². The van der Waals surface area contributed by atoms with Crippen molar-refractivity contribution in [2.24, 2.45) is 0 Å². The first-order valence-electron chi connectivity index (χ1n) is 11.0. The number of carbonyl (C=O) groups excluding carboxylic acids is 3. The Hall–Kier alpha value is -3.79. The highest BCUT2D eigenvalue weighted by Gasteiger charge is 2.50. The summed E-state index contributed by atoms with van der Waals surface area (Å²) in [5.74, 6) is -1.11. The SMILES string of the molecule is CC1(c2cccc([N+](=O)[O-])c2)NC(=O)N(CC(=O)NCC2(c3ccccc3)CCOCC2)C1=O. The maximum atomic E-state index is 13.1. The number of ether oxygens (including phenoxy) is 1. The van der Waals surface area contributed by atoms with Gasteiger partial charge in [0, 0.05) is 37.3 Å². The quantitative estimate of drug-likeness (QED) is 0.366. The third-order valence-electron chi connectivity index (χ3n) is 6.67. The first kappa shape index (κ1) is 23.4. The van der Waals surface area contributed by atoms with Gasteiger partial charge >= 0.3 is 6.03 Å². The van der Waals surface area contributed by atoms with Crippen LogP contribution in [0.15, 0.2) is 54.6 Å². The van der Waals surface area contributed by atoms with E-state index in [9.17, 15) is 24.5 Å². The van der Waals surface area contributed by atoms with E-state index >= 15 is 0 Å². The predicted molar refractivity (Wildman–Crippen MR) is 122 cm³/mol. The molecule has 0 saturated carbocycles. The van der Waals surface area contributed by atoms with Crippen LogP contribution in [0.25, 0.3) is 0 Å². The minimum Gasteiger partial charge on any atom is -0.381 e. The highest BCUT2D eigenvalue weighted by atomic mass is 16.6. The first-order chi connectivity index (χ1) is 16.2. The summed E-state index contributed by atoms with van der Waals surface area (Å²) in [4.78, 5) is 49.9. The van der Waals surface area contributed by atoms with E-state index in [1.165, 1.54) is 31.2 Å². The van der Waals surface area contributed by atoms with Crippen molar-refractivity contribution in [2.45, 2.75) is 30.7 Å². The van der Waals surface area contributed by atoms with Gasteiger partial charge in [-0.3, -0.25) is 24.6 Å². The molecule has 4 amide bonds. The summed E-state index contributed by atoms with van der Waals surface area (Å²) >= 11 is 0. The van der Waals surface area contributed by atoms with E-state index in [-0.39, 0.29) is 16.7 Å². The topological polar surface area (TPSA) is 131 Å². The zero-order valence-corrected chi connectivity index (χ0v) is 18.8. The van der Waals surface area contributed by atoms with Crippen LogP contribution in [-0.2, 0) is 25.3 Å². The lowest BCUT2D eigenvalue weighted by atomic mass is 9.74. The van der Waals surface area contributed by atoms with Crippen molar-refractivity contribution in [3.8, 4) is 0 Å². The number of hydrogen-bond donors (Lipinski definition) is 2. The molecule has 2 fully saturated rings. The second-order valence-electron chi connectivity index (χ2n) is 8.79. The fourth-order valence-electron chi connectivity index (χ4n) is 4.56. The number of hydrogen-bond acceptors (Lipinski definition) is 6. The average molecular weight is 466 g/mol. The van der Waals surface area contributed by atoms with Crippen LogP contribution in [0.1, 0.15) is 30.9 Å². The fourth-order valence-corrected chi connectivity index (χ4v) is 4.56. The summed E-state index contributed by atoms with van der Waals surface area (Å²) < 4.78 is 5.52. The smallest absolute Gasteiger partial charge is 0.325 e. The minimum atomic E-state index is -1.50. The number of imide groups is 1. The Morgan fingerprint density at radius 1 is 1.12 bits per heavy atom.